The predicted molar refractivity (Wildman–Crippen MR) is 80.5 cm³/mol. The second-order valence-electron chi connectivity index (χ2n) is 5.58. The molecular formula is C15H24BrN. The average molecular weight is 298 g/mol. The van der Waals surface area contributed by atoms with Gasteiger partial charge in [0, 0.05) is 16.2 Å². The Morgan fingerprint density at radius 2 is 1.53 bits per heavy atom. The van der Waals surface area contributed by atoms with Crippen LogP contribution in [0.4, 0.5) is 5.69 Å². The van der Waals surface area contributed by atoms with Gasteiger partial charge in [-0.15, -0.1) is 0 Å². The van der Waals surface area contributed by atoms with Crippen LogP contribution in [0, 0.1) is 11.8 Å². The zero-order valence-electron chi connectivity index (χ0n) is 11.3. The van der Waals surface area contributed by atoms with E-state index in [1.807, 2.05) is 0 Å². The summed E-state index contributed by atoms with van der Waals surface area (Å²) in [6, 6.07) is 8.92. The molecule has 0 aliphatic heterocycles. The van der Waals surface area contributed by atoms with Crippen molar-refractivity contribution in [2.24, 2.45) is 11.8 Å². The van der Waals surface area contributed by atoms with Crippen LogP contribution in [0.15, 0.2) is 28.7 Å². The van der Waals surface area contributed by atoms with Gasteiger partial charge in [-0.25, -0.2) is 0 Å². The summed E-state index contributed by atoms with van der Waals surface area (Å²) in [7, 11) is 0. The summed E-state index contributed by atoms with van der Waals surface area (Å²) in [5.41, 5.74) is 1.21. The lowest BCUT2D eigenvalue weighted by Crippen LogP contribution is -2.23. The molecule has 1 rings (SSSR count). The van der Waals surface area contributed by atoms with E-state index < -0.39 is 0 Å². The van der Waals surface area contributed by atoms with Crippen LogP contribution >= 0.6 is 15.9 Å². The van der Waals surface area contributed by atoms with E-state index >= 15 is 0 Å². The van der Waals surface area contributed by atoms with Crippen LogP contribution in [0.2, 0.25) is 0 Å². The van der Waals surface area contributed by atoms with E-state index in [0.717, 1.165) is 16.3 Å². The van der Waals surface area contributed by atoms with Gasteiger partial charge < -0.3 is 5.32 Å². The van der Waals surface area contributed by atoms with Crippen LogP contribution in [0.1, 0.15) is 40.5 Å². The first-order chi connectivity index (χ1) is 7.99. The van der Waals surface area contributed by atoms with Crippen molar-refractivity contribution >= 4 is 21.6 Å². The Labute approximate surface area is 114 Å². The molecule has 0 heterocycles. The lowest BCUT2D eigenvalue weighted by Gasteiger charge is -2.24. The van der Waals surface area contributed by atoms with E-state index in [0.29, 0.717) is 6.04 Å². The first-order valence-electron chi connectivity index (χ1n) is 6.50. The number of hydrogen-bond donors (Lipinski definition) is 1. The Morgan fingerprint density at radius 3 is 2.00 bits per heavy atom. The molecule has 0 amide bonds. The highest BCUT2D eigenvalue weighted by Crippen LogP contribution is 2.25. The van der Waals surface area contributed by atoms with Crippen LogP contribution in [0.5, 0.6) is 0 Å². The van der Waals surface area contributed by atoms with Crippen molar-refractivity contribution in [1.29, 1.82) is 0 Å². The number of para-hydroxylation sites is 1. The summed E-state index contributed by atoms with van der Waals surface area (Å²) in [6.45, 7) is 9.15. The van der Waals surface area contributed by atoms with Gasteiger partial charge in [-0.1, -0.05) is 39.8 Å². The van der Waals surface area contributed by atoms with Crippen LogP contribution < -0.4 is 5.32 Å². The third-order valence-electron chi connectivity index (χ3n) is 2.75. The van der Waals surface area contributed by atoms with Gasteiger partial charge in [0.1, 0.15) is 0 Å². The minimum absolute atomic E-state index is 0.564. The Hall–Kier alpha value is -0.500. The highest BCUT2D eigenvalue weighted by molar-refractivity contribution is 9.10. The first kappa shape index (κ1) is 14.6. The standard InChI is InChI=1S/C15H24BrN/c1-11(2)9-13(10-12(3)4)17-15-8-6-5-7-14(15)16/h5-8,11-13,17H,9-10H2,1-4H3. The first-order valence-corrected chi connectivity index (χ1v) is 7.29. The van der Waals surface area contributed by atoms with E-state index in [4.69, 9.17) is 0 Å². The van der Waals surface area contributed by atoms with Crippen LogP contribution in [-0.4, -0.2) is 6.04 Å². The molecule has 0 aliphatic carbocycles. The SMILES string of the molecule is CC(C)CC(CC(C)C)Nc1ccccc1Br. The summed E-state index contributed by atoms with van der Waals surface area (Å²) < 4.78 is 1.15. The van der Waals surface area contributed by atoms with Crippen molar-refractivity contribution < 1.29 is 0 Å². The van der Waals surface area contributed by atoms with Gasteiger partial charge in [0.25, 0.3) is 0 Å². The molecule has 0 unspecified atom stereocenters. The van der Waals surface area contributed by atoms with E-state index in [1.165, 1.54) is 18.5 Å². The monoisotopic (exact) mass is 297 g/mol. The minimum atomic E-state index is 0.564. The van der Waals surface area contributed by atoms with Crippen molar-refractivity contribution in [3.05, 3.63) is 28.7 Å². The molecule has 0 saturated heterocycles. The molecule has 1 nitrogen and oxygen atoms in total. The third kappa shape index (κ3) is 5.58. The van der Waals surface area contributed by atoms with Crippen molar-refractivity contribution in [3.63, 3.8) is 0 Å². The maximum Gasteiger partial charge on any atom is 0.0486 e. The van der Waals surface area contributed by atoms with Gasteiger partial charge in [-0.05, 0) is 52.7 Å². The zero-order valence-corrected chi connectivity index (χ0v) is 12.9. The highest BCUT2D eigenvalue weighted by Gasteiger charge is 2.13. The molecule has 0 aromatic heterocycles. The topological polar surface area (TPSA) is 12.0 Å². The minimum Gasteiger partial charge on any atom is -0.381 e. The second-order valence-corrected chi connectivity index (χ2v) is 6.43. The molecule has 0 saturated carbocycles. The fraction of sp³-hybridized carbons (Fsp3) is 0.600. The number of hydrogen-bond acceptors (Lipinski definition) is 1. The number of rotatable bonds is 6. The van der Waals surface area contributed by atoms with E-state index in [-0.39, 0.29) is 0 Å². The largest absolute Gasteiger partial charge is 0.381 e. The molecule has 17 heavy (non-hydrogen) atoms. The van der Waals surface area contributed by atoms with Crippen LogP contribution in [0.3, 0.4) is 0 Å². The molecule has 1 aromatic rings. The van der Waals surface area contributed by atoms with Crippen molar-refractivity contribution in [2.45, 2.75) is 46.6 Å². The molecule has 96 valence electrons. The fourth-order valence-corrected chi connectivity index (χ4v) is 2.55. The van der Waals surface area contributed by atoms with Gasteiger partial charge in [-0.3, -0.25) is 0 Å². The Morgan fingerprint density at radius 1 is 1.00 bits per heavy atom. The molecular weight excluding hydrogens is 274 g/mol. The van der Waals surface area contributed by atoms with E-state index in [1.54, 1.807) is 0 Å². The molecule has 1 N–H and O–H groups in total. The van der Waals surface area contributed by atoms with Gasteiger partial charge in [0.15, 0.2) is 0 Å². The number of anilines is 1. The van der Waals surface area contributed by atoms with Crippen molar-refractivity contribution in [1.82, 2.24) is 0 Å². The van der Waals surface area contributed by atoms with E-state index in [9.17, 15) is 0 Å². The normalized spacial score (nSPS) is 11.5. The van der Waals surface area contributed by atoms with Gasteiger partial charge in [-0.2, -0.15) is 0 Å². The van der Waals surface area contributed by atoms with Gasteiger partial charge in [0.05, 0.1) is 0 Å². The predicted octanol–water partition coefficient (Wildman–Crippen LogP) is 5.32. The summed E-state index contributed by atoms with van der Waals surface area (Å²) in [6.07, 6.45) is 2.44. The molecule has 2 heteroatoms. The van der Waals surface area contributed by atoms with Crippen molar-refractivity contribution in [3.8, 4) is 0 Å². The van der Waals surface area contributed by atoms with Crippen LogP contribution in [0.25, 0.3) is 0 Å². The maximum absolute atomic E-state index is 3.66. The van der Waals surface area contributed by atoms with E-state index in [2.05, 4.69) is 73.2 Å². The zero-order chi connectivity index (χ0) is 12.8. The molecule has 0 atom stereocenters. The highest BCUT2D eigenvalue weighted by atomic mass is 79.9. The summed E-state index contributed by atoms with van der Waals surface area (Å²) in [5, 5.41) is 3.66. The molecule has 1 aromatic carbocycles. The average Bonchev–Trinajstić information content (AvgIpc) is 2.19. The van der Waals surface area contributed by atoms with Gasteiger partial charge in [0.2, 0.25) is 0 Å². The summed E-state index contributed by atoms with van der Waals surface area (Å²) in [4.78, 5) is 0. The van der Waals surface area contributed by atoms with Crippen LogP contribution in [-0.2, 0) is 0 Å². The number of halogens is 1. The lowest BCUT2D eigenvalue weighted by atomic mass is 9.95. The van der Waals surface area contributed by atoms with Gasteiger partial charge >= 0.3 is 0 Å². The molecule has 0 aliphatic rings. The maximum atomic E-state index is 3.66. The van der Waals surface area contributed by atoms with Crippen molar-refractivity contribution in [2.75, 3.05) is 5.32 Å². The molecule has 0 spiro atoms. The lowest BCUT2D eigenvalue weighted by molar-refractivity contribution is 0.442. The molecule has 0 bridgehead atoms. The second kappa shape index (κ2) is 7.05. The Balaban J connectivity index is 2.68. The Bertz CT molecular complexity index is 323. The summed E-state index contributed by atoms with van der Waals surface area (Å²) in [5.74, 6) is 1.46. The number of benzene rings is 1. The fourth-order valence-electron chi connectivity index (χ4n) is 2.15. The smallest absolute Gasteiger partial charge is 0.0486 e. The quantitative estimate of drug-likeness (QED) is 0.749. The molecule has 0 fully saturated rings. The Kier molecular flexibility index (Phi) is 6.04. The number of nitrogens with one attached hydrogen (secondary N) is 1. The molecule has 0 radical (unpaired) electrons. The third-order valence-corrected chi connectivity index (χ3v) is 3.44. The summed E-state index contributed by atoms with van der Waals surface area (Å²) >= 11 is 3.59.